The van der Waals surface area contributed by atoms with Gasteiger partial charge in [-0.1, -0.05) is 48.5 Å². The van der Waals surface area contributed by atoms with Crippen LogP contribution in [0.1, 0.15) is 28.8 Å². The van der Waals surface area contributed by atoms with E-state index in [1.165, 1.54) is 5.56 Å². The van der Waals surface area contributed by atoms with Crippen LogP contribution in [0.2, 0.25) is 0 Å². The van der Waals surface area contributed by atoms with Gasteiger partial charge in [0.15, 0.2) is 0 Å². The maximum atomic E-state index is 11.9. The SMILES string of the molecule is O=C(OC1CC(COCc2ccccc2)C1)c1ccccc1. The summed E-state index contributed by atoms with van der Waals surface area (Å²) in [5, 5.41) is 0. The molecule has 0 bridgehead atoms. The molecular weight excluding hydrogens is 276 g/mol. The van der Waals surface area contributed by atoms with Gasteiger partial charge in [0.2, 0.25) is 0 Å². The van der Waals surface area contributed by atoms with Crippen LogP contribution in [0, 0.1) is 5.92 Å². The molecule has 0 saturated heterocycles. The number of hydrogen-bond donors (Lipinski definition) is 0. The van der Waals surface area contributed by atoms with E-state index in [1.54, 1.807) is 12.1 Å². The topological polar surface area (TPSA) is 35.5 Å². The van der Waals surface area contributed by atoms with Crippen LogP contribution in [0.15, 0.2) is 60.7 Å². The smallest absolute Gasteiger partial charge is 0.338 e. The molecule has 0 unspecified atom stereocenters. The quantitative estimate of drug-likeness (QED) is 0.760. The highest BCUT2D eigenvalue weighted by Crippen LogP contribution is 2.31. The standard InChI is InChI=1S/C19H20O3/c20-19(17-9-5-2-6-10-17)22-18-11-16(12-18)14-21-13-15-7-3-1-4-8-15/h1-10,16,18H,11-14H2. The summed E-state index contributed by atoms with van der Waals surface area (Å²) in [6.45, 7) is 1.38. The maximum absolute atomic E-state index is 11.9. The van der Waals surface area contributed by atoms with Crippen LogP contribution >= 0.6 is 0 Å². The molecule has 3 rings (SSSR count). The second-order valence-electron chi connectivity index (χ2n) is 5.73. The van der Waals surface area contributed by atoms with Crippen molar-refractivity contribution in [3.05, 3.63) is 71.8 Å². The molecule has 0 spiro atoms. The molecule has 0 heterocycles. The lowest BCUT2D eigenvalue weighted by Gasteiger charge is -2.34. The highest BCUT2D eigenvalue weighted by Gasteiger charge is 2.32. The summed E-state index contributed by atoms with van der Waals surface area (Å²) in [6.07, 6.45) is 1.83. The third-order valence-electron chi connectivity index (χ3n) is 3.94. The lowest BCUT2D eigenvalue weighted by atomic mass is 9.83. The first-order valence-electron chi connectivity index (χ1n) is 7.69. The summed E-state index contributed by atoms with van der Waals surface area (Å²) in [4.78, 5) is 11.9. The van der Waals surface area contributed by atoms with Crippen molar-refractivity contribution in [3.63, 3.8) is 0 Å². The molecule has 3 heteroatoms. The van der Waals surface area contributed by atoms with E-state index in [0.29, 0.717) is 18.1 Å². The Labute approximate surface area is 130 Å². The van der Waals surface area contributed by atoms with Crippen molar-refractivity contribution in [1.82, 2.24) is 0 Å². The van der Waals surface area contributed by atoms with Crippen LogP contribution in [0.5, 0.6) is 0 Å². The van der Waals surface area contributed by atoms with E-state index in [9.17, 15) is 4.79 Å². The lowest BCUT2D eigenvalue weighted by molar-refractivity contribution is -0.0371. The Hall–Kier alpha value is -2.13. The van der Waals surface area contributed by atoms with Crippen molar-refractivity contribution < 1.29 is 14.3 Å². The molecule has 2 aromatic rings. The molecule has 0 amide bonds. The Bertz CT molecular complexity index is 589. The normalized spacial score (nSPS) is 20.2. The third kappa shape index (κ3) is 3.95. The van der Waals surface area contributed by atoms with Crippen molar-refractivity contribution in [2.75, 3.05) is 6.61 Å². The van der Waals surface area contributed by atoms with E-state index < -0.39 is 0 Å². The predicted octanol–water partition coefficient (Wildman–Crippen LogP) is 3.84. The van der Waals surface area contributed by atoms with E-state index in [2.05, 4.69) is 12.1 Å². The highest BCUT2D eigenvalue weighted by atomic mass is 16.5. The summed E-state index contributed by atoms with van der Waals surface area (Å²) in [5.74, 6) is 0.270. The largest absolute Gasteiger partial charge is 0.459 e. The summed E-state index contributed by atoms with van der Waals surface area (Å²) < 4.78 is 11.2. The molecule has 0 aromatic heterocycles. The van der Waals surface area contributed by atoms with Crippen molar-refractivity contribution in [1.29, 1.82) is 0 Å². The summed E-state index contributed by atoms with van der Waals surface area (Å²) in [5.41, 5.74) is 1.81. The van der Waals surface area contributed by atoms with Gasteiger partial charge in [0.1, 0.15) is 6.10 Å². The van der Waals surface area contributed by atoms with Gasteiger partial charge in [-0.05, 0) is 36.5 Å². The minimum Gasteiger partial charge on any atom is -0.459 e. The highest BCUT2D eigenvalue weighted by molar-refractivity contribution is 5.89. The molecule has 114 valence electrons. The van der Waals surface area contributed by atoms with Crippen molar-refractivity contribution >= 4 is 5.97 Å². The number of benzene rings is 2. The van der Waals surface area contributed by atoms with Gasteiger partial charge in [0.05, 0.1) is 18.8 Å². The zero-order chi connectivity index (χ0) is 15.2. The van der Waals surface area contributed by atoms with Crippen LogP contribution in [-0.2, 0) is 16.1 Å². The van der Waals surface area contributed by atoms with Crippen molar-refractivity contribution in [3.8, 4) is 0 Å². The minimum atomic E-state index is -0.228. The first-order chi connectivity index (χ1) is 10.8. The molecule has 0 atom stereocenters. The first kappa shape index (κ1) is 14.8. The number of rotatable bonds is 6. The van der Waals surface area contributed by atoms with Crippen LogP contribution in [-0.4, -0.2) is 18.7 Å². The Morgan fingerprint density at radius 1 is 0.955 bits per heavy atom. The second kappa shape index (κ2) is 7.23. The van der Waals surface area contributed by atoms with Gasteiger partial charge in [0, 0.05) is 0 Å². The van der Waals surface area contributed by atoms with Gasteiger partial charge in [0.25, 0.3) is 0 Å². The van der Waals surface area contributed by atoms with Gasteiger partial charge in [-0.3, -0.25) is 0 Å². The average Bonchev–Trinajstić information content (AvgIpc) is 2.54. The maximum Gasteiger partial charge on any atom is 0.338 e. The van der Waals surface area contributed by atoms with E-state index in [1.807, 2.05) is 36.4 Å². The fourth-order valence-corrected chi connectivity index (χ4v) is 2.62. The molecular formula is C19H20O3. The van der Waals surface area contributed by atoms with E-state index in [-0.39, 0.29) is 12.1 Å². The third-order valence-corrected chi connectivity index (χ3v) is 3.94. The number of hydrogen-bond acceptors (Lipinski definition) is 3. The fourth-order valence-electron chi connectivity index (χ4n) is 2.62. The number of carbonyl (C=O) groups is 1. The molecule has 1 saturated carbocycles. The van der Waals surface area contributed by atoms with Crippen LogP contribution < -0.4 is 0 Å². The van der Waals surface area contributed by atoms with E-state index in [0.717, 1.165) is 19.4 Å². The zero-order valence-electron chi connectivity index (χ0n) is 12.5. The minimum absolute atomic E-state index is 0.0398. The molecule has 3 nitrogen and oxygen atoms in total. The first-order valence-corrected chi connectivity index (χ1v) is 7.69. The predicted molar refractivity (Wildman–Crippen MR) is 84.5 cm³/mol. The average molecular weight is 296 g/mol. The van der Waals surface area contributed by atoms with Crippen molar-refractivity contribution in [2.45, 2.75) is 25.6 Å². The molecule has 2 aromatic carbocycles. The van der Waals surface area contributed by atoms with E-state index in [4.69, 9.17) is 9.47 Å². The van der Waals surface area contributed by atoms with E-state index >= 15 is 0 Å². The van der Waals surface area contributed by atoms with Gasteiger partial charge in [-0.25, -0.2) is 4.79 Å². The van der Waals surface area contributed by atoms with Gasteiger partial charge in [-0.15, -0.1) is 0 Å². The molecule has 1 aliphatic rings. The second-order valence-corrected chi connectivity index (χ2v) is 5.73. The molecule has 1 aliphatic carbocycles. The molecule has 0 N–H and O–H groups in total. The Balaban J connectivity index is 1.33. The molecule has 1 fully saturated rings. The van der Waals surface area contributed by atoms with Crippen LogP contribution in [0.25, 0.3) is 0 Å². The Kier molecular flexibility index (Phi) is 4.86. The lowest BCUT2D eigenvalue weighted by Crippen LogP contribution is -2.35. The molecule has 0 radical (unpaired) electrons. The van der Waals surface area contributed by atoms with Gasteiger partial charge in [-0.2, -0.15) is 0 Å². The monoisotopic (exact) mass is 296 g/mol. The van der Waals surface area contributed by atoms with Gasteiger partial charge < -0.3 is 9.47 Å². The van der Waals surface area contributed by atoms with Crippen LogP contribution in [0.3, 0.4) is 0 Å². The molecule has 0 aliphatic heterocycles. The summed E-state index contributed by atoms with van der Waals surface area (Å²) in [6, 6.07) is 19.3. The summed E-state index contributed by atoms with van der Waals surface area (Å²) in [7, 11) is 0. The number of esters is 1. The fraction of sp³-hybridized carbons (Fsp3) is 0.316. The number of ether oxygens (including phenoxy) is 2. The van der Waals surface area contributed by atoms with Crippen molar-refractivity contribution in [2.24, 2.45) is 5.92 Å². The summed E-state index contributed by atoms with van der Waals surface area (Å²) >= 11 is 0. The number of carbonyl (C=O) groups excluding carboxylic acids is 1. The Morgan fingerprint density at radius 3 is 2.27 bits per heavy atom. The Morgan fingerprint density at radius 2 is 1.59 bits per heavy atom. The van der Waals surface area contributed by atoms with Gasteiger partial charge >= 0.3 is 5.97 Å². The molecule has 22 heavy (non-hydrogen) atoms. The van der Waals surface area contributed by atoms with Crippen LogP contribution in [0.4, 0.5) is 0 Å². The zero-order valence-corrected chi connectivity index (χ0v) is 12.5.